The van der Waals surface area contributed by atoms with Gasteiger partial charge in [-0.3, -0.25) is 4.79 Å². The average molecular weight is 435 g/mol. The number of carbonyl (C=O) groups excluding carboxylic acids is 1. The minimum absolute atomic E-state index is 0.212. The zero-order chi connectivity index (χ0) is 20.9. The Labute approximate surface area is 184 Å². The lowest BCUT2D eigenvalue weighted by Gasteiger charge is -2.11. The fraction of sp³-hybridized carbons (Fsp3) is 0.0833. The molecule has 4 rings (SSSR count). The zero-order valence-corrected chi connectivity index (χ0v) is 17.8. The van der Waals surface area contributed by atoms with Crippen molar-refractivity contribution in [1.82, 2.24) is 4.98 Å². The molecule has 0 atom stereocenters. The van der Waals surface area contributed by atoms with Crippen LogP contribution in [0.3, 0.4) is 0 Å². The molecule has 0 saturated carbocycles. The Hall–Kier alpha value is -3.15. The van der Waals surface area contributed by atoms with Crippen LogP contribution >= 0.6 is 22.9 Å². The summed E-state index contributed by atoms with van der Waals surface area (Å²) in [5.41, 5.74) is 4.01. The summed E-state index contributed by atoms with van der Waals surface area (Å²) in [6.45, 7) is 2.39. The molecule has 4 nitrogen and oxygen atoms in total. The molecule has 0 bridgehead atoms. The number of anilines is 1. The number of para-hydroxylation sites is 1. The second kappa shape index (κ2) is 9.11. The van der Waals surface area contributed by atoms with Crippen LogP contribution in [0.4, 0.5) is 5.69 Å². The summed E-state index contributed by atoms with van der Waals surface area (Å²) >= 11 is 7.54. The quantitative estimate of drug-likeness (QED) is 0.363. The van der Waals surface area contributed by atoms with Crippen LogP contribution in [0, 0.1) is 0 Å². The number of hydrogen-bond acceptors (Lipinski definition) is 4. The van der Waals surface area contributed by atoms with E-state index in [2.05, 4.69) is 5.32 Å². The Morgan fingerprint density at radius 3 is 2.63 bits per heavy atom. The standard InChI is InChI=1S/C24H19ClN2O2S/c1-2-29-22-9-4-3-8-20(22)23(28)26-19-7-5-6-17(14-19)21-15-30-24(27-21)16-10-12-18(25)13-11-16/h3-15H,2H2,1H3,(H,26,28). The second-order valence-corrected chi connectivity index (χ2v) is 7.80. The number of hydrogen-bond donors (Lipinski definition) is 1. The van der Waals surface area contributed by atoms with E-state index in [1.165, 1.54) is 0 Å². The fourth-order valence-electron chi connectivity index (χ4n) is 3.02. The number of halogens is 1. The van der Waals surface area contributed by atoms with Crippen molar-refractivity contribution >= 4 is 34.5 Å². The Kier molecular flexibility index (Phi) is 6.12. The van der Waals surface area contributed by atoms with Crippen LogP contribution in [0.15, 0.2) is 78.2 Å². The van der Waals surface area contributed by atoms with Gasteiger partial charge in [0.2, 0.25) is 0 Å². The van der Waals surface area contributed by atoms with E-state index in [4.69, 9.17) is 21.3 Å². The Balaban J connectivity index is 1.55. The van der Waals surface area contributed by atoms with Gasteiger partial charge in [-0.2, -0.15) is 0 Å². The van der Waals surface area contributed by atoms with Crippen molar-refractivity contribution in [3.63, 3.8) is 0 Å². The highest BCUT2D eigenvalue weighted by Crippen LogP contribution is 2.31. The number of nitrogens with one attached hydrogen (secondary N) is 1. The van der Waals surface area contributed by atoms with Crippen molar-refractivity contribution in [2.75, 3.05) is 11.9 Å². The second-order valence-electron chi connectivity index (χ2n) is 6.51. The molecule has 0 aliphatic heterocycles. The monoisotopic (exact) mass is 434 g/mol. The highest BCUT2D eigenvalue weighted by Gasteiger charge is 2.13. The van der Waals surface area contributed by atoms with Crippen LogP contribution in [-0.4, -0.2) is 17.5 Å². The molecule has 0 unspecified atom stereocenters. The molecule has 0 spiro atoms. The molecular formula is C24H19ClN2O2S. The van der Waals surface area contributed by atoms with Gasteiger partial charge in [0.1, 0.15) is 10.8 Å². The molecule has 6 heteroatoms. The van der Waals surface area contributed by atoms with Crippen molar-refractivity contribution in [2.24, 2.45) is 0 Å². The third-order valence-electron chi connectivity index (χ3n) is 4.44. The lowest BCUT2D eigenvalue weighted by molar-refractivity contribution is 0.102. The Morgan fingerprint density at radius 2 is 1.83 bits per heavy atom. The van der Waals surface area contributed by atoms with Gasteiger partial charge in [0, 0.05) is 27.2 Å². The smallest absolute Gasteiger partial charge is 0.259 e. The first-order chi connectivity index (χ1) is 14.6. The van der Waals surface area contributed by atoms with Crippen molar-refractivity contribution in [3.8, 4) is 27.6 Å². The minimum atomic E-state index is -0.212. The highest BCUT2D eigenvalue weighted by molar-refractivity contribution is 7.13. The number of amides is 1. The van der Waals surface area contributed by atoms with Gasteiger partial charge < -0.3 is 10.1 Å². The normalized spacial score (nSPS) is 10.6. The van der Waals surface area contributed by atoms with Crippen LogP contribution in [-0.2, 0) is 0 Å². The summed E-state index contributed by atoms with van der Waals surface area (Å²) in [6, 6.07) is 22.5. The molecule has 0 radical (unpaired) electrons. The summed E-state index contributed by atoms with van der Waals surface area (Å²) in [6.07, 6.45) is 0. The summed E-state index contributed by atoms with van der Waals surface area (Å²) < 4.78 is 5.56. The Morgan fingerprint density at radius 1 is 1.03 bits per heavy atom. The van der Waals surface area contributed by atoms with Crippen molar-refractivity contribution < 1.29 is 9.53 Å². The van der Waals surface area contributed by atoms with E-state index < -0.39 is 0 Å². The summed E-state index contributed by atoms with van der Waals surface area (Å²) in [4.78, 5) is 17.5. The number of ether oxygens (including phenoxy) is 1. The lowest BCUT2D eigenvalue weighted by atomic mass is 10.1. The first kappa shape index (κ1) is 20.1. The molecule has 150 valence electrons. The van der Waals surface area contributed by atoms with Gasteiger partial charge in [-0.05, 0) is 43.3 Å². The average Bonchev–Trinajstić information content (AvgIpc) is 3.25. The van der Waals surface area contributed by atoms with Gasteiger partial charge in [0.25, 0.3) is 5.91 Å². The predicted octanol–water partition coefficient (Wildman–Crippen LogP) is 6.78. The molecular weight excluding hydrogens is 416 g/mol. The van der Waals surface area contributed by atoms with Gasteiger partial charge in [-0.15, -0.1) is 11.3 Å². The summed E-state index contributed by atoms with van der Waals surface area (Å²) in [5, 5.41) is 6.58. The summed E-state index contributed by atoms with van der Waals surface area (Å²) in [7, 11) is 0. The number of nitrogens with zero attached hydrogens (tertiary/aromatic N) is 1. The van der Waals surface area contributed by atoms with Crippen LogP contribution in [0.2, 0.25) is 5.02 Å². The highest BCUT2D eigenvalue weighted by atomic mass is 35.5. The number of thiazole rings is 1. The van der Waals surface area contributed by atoms with E-state index in [1.54, 1.807) is 23.5 Å². The first-order valence-electron chi connectivity index (χ1n) is 9.49. The minimum Gasteiger partial charge on any atom is -0.493 e. The number of benzene rings is 3. The van der Waals surface area contributed by atoms with E-state index in [0.717, 1.165) is 21.8 Å². The van der Waals surface area contributed by atoms with Gasteiger partial charge in [0.15, 0.2) is 0 Å². The van der Waals surface area contributed by atoms with Gasteiger partial charge in [-0.25, -0.2) is 4.98 Å². The number of carbonyl (C=O) groups is 1. The first-order valence-corrected chi connectivity index (χ1v) is 10.7. The van der Waals surface area contributed by atoms with Crippen molar-refractivity contribution in [2.45, 2.75) is 6.92 Å². The molecule has 1 heterocycles. The molecule has 1 N–H and O–H groups in total. The lowest BCUT2D eigenvalue weighted by Crippen LogP contribution is -2.13. The zero-order valence-electron chi connectivity index (χ0n) is 16.3. The largest absolute Gasteiger partial charge is 0.493 e. The van der Waals surface area contributed by atoms with E-state index in [-0.39, 0.29) is 5.91 Å². The maximum absolute atomic E-state index is 12.8. The molecule has 0 fully saturated rings. The molecule has 30 heavy (non-hydrogen) atoms. The van der Waals surface area contributed by atoms with Crippen molar-refractivity contribution in [1.29, 1.82) is 0 Å². The SMILES string of the molecule is CCOc1ccccc1C(=O)Nc1cccc(-c2csc(-c3ccc(Cl)cc3)n2)c1. The molecule has 1 aromatic heterocycles. The molecule has 0 saturated heterocycles. The fourth-order valence-corrected chi connectivity index (χ4v) is 3.98. The maximum atomic E-state index is 12.8. The van der Waals surface area contributed by atoms with E-state index in [0.29, 0.717) is 28.6 Å². The molecule has 3 aromatic carbocycles. The maximum Gasteiger partial charge on any atom is 0.259 e. The van der Waals surface area contributed by atoms with E-state index >= 15 is 0 Å². The molecule has 0 aliphatic carbocycles. The third kappa shape index (κ3) is 4.53. The topological polar surface area (TPSA) is 51.2 Å². The van der Waals surface area contributed by atoms with Gasteiger partial charge in [-0.1, -0.05) is 48.0 Å². The van der Waals surface area contributed by atoms with Crippen LogP contribution in [0.5, 0.6) is 5.75 Å². The van der Waals surface area contributed by atoms with Gasteiger partial charge in [0.05, 0.1) is 17.9 Å². The molecule has 4 aromatic rings. The summed E-state index contributed by atoms with van der Waals surface area (Å²) in [5.74, 6) is 0.358. The van der Waals surface area contributed by atoms with E-state index in [9.17, 15) is 4.79 Å². The molecule has 1 amide bonds. The van der Waals surface area contributed by atoms with Crippen LogP contribution in [0.1, 0.15) is 17.3 Å². The number of aromatic nitrogens is 1. The van der Waals surface area contributed by atoms with Gasteiger partial charge >= 0.3 is 0 Å². The van der Waals surface area contributed by atoms with Crippen LogP contribution in [0.25, 0.3) is 21.8 Å². The number of rotatable bonds is 6. The van der Waals surface area contributed by atoms with Crippen LogP contribution < -0.4 is 10.1 Å². The third-order valence-corrected chi connectivity index (χ3v) is 5.59. The van der Waals surface area contributed by atoms with Crippen molar-refractivity contribution in [3.05, 3.63) is 88.8 Å². The predicted molar refractivity (Wildman–Crippen MR) is 124 cm³/mol. The Bertz CT molecular complexity index is 1170. The molecule has 0 aliphatic rings. The van der Waals surface area contributed by atoms with E-state index in [1.807, 2.05) is 73.0 Å².